The number of amides is 1. The van der Waals surface area contributed by atoms with Crippen LogP contribution in [0, 0.1) is 11.8 Å². The van der Waals surface area contributed by atoms with Crippen LogP contribution in [0.25, 0.3) is 11.2 Å². The van der Waals surface area contributed by atoms with E-state index in [1.54, 1.807) is 50.1 Å². The zero-order valence-electron chi connectivity index (χ0n) is 19.6. The Morgan fingerprint density at radius 1 is 1.26 bits per heavy atom. The summed E-state index contributed by atoms with van der Waals surface area (Å²) < 4.78 is 3.98. The largest absolute Gasteiger partial charge is 0.341 e. The maximum Gasteiger partial charge on any atom is 0.332 e. The van der Waals surface area contributed by atoms with E-state index in [9.17, 15) is 14.4 Å². The quantitative estimate of drug-likeness (QED) is 0.523. The van der Waals surface area contributed by atoms with Gasteiger partial charge in [-0.2, -0.15) is 4.98 Å². The lowest BCUT2D eigenvalue weighted by Gasteiger charge is -2.31. The predicted octanol–water partition coefficient (Wildman–Crippen LogP) is -0.0945. The van der Waals surface area contributed by atoms with E-state index in [1.807, 2.05) is 4.90 Å². The van der Waals surface area contributed by atoms with Crippen molar-refractivity contribution in [3.05, 3.63) is 45.4 Å². The molecular weight excluding hydrogens is 436 g/mol. The first-order valence-corrected chi connectivity index (χ1v) is 11.1. The van der Waals surface area contributed by atoms with Gasteiger partial charge in [-0.05, 0) is 31.9 Å². The minimum atomic E-state index is -0.609. The molecule has 34 heavy (non-hydrogen) atoms. The topological polar surface area (TPSA) is 124 Å². The summed E-state index contributed by atoms with van der Waals surface area (Å²) in [7, 11) is 3.14. The number of carbonyl (C=O) groups is 1. The Labute approximate surface area is 196 Å². The van der Waals surface area contributed by atoms with Gasteiger partial charge in [0.15, 0.2) is 11.2 Å². The fourth-order valence-corrected chi connectivity index (χ4v) is 4.19. The summed E-state index contributed by atoms with van der Waals surface area (Å²) >= 11 is 0. The van der Waals surface area contributed by atoms with Crippen LogP contribution in [-0.4, -0.2) is 55.8 Å². The van der Waals surface area contributed by atoms with Crippen molar-refractivity contribution < 1.29 is 4.79 Å². The summed E-state index contributed by atoms with van der Waals surface area (Å²) in [6.45, 7) is 2.88. The average molecular weight is 465 g/mol. The van der Waals surface area contributed by atoms with Crippen molar-refractivity contribution in [3.63, 3.8) is 0 Å². The second kappa shape index (κ2) is 9.52. The number of aryl methyl sites for hydroxylation is 1. The van der Waals surface area contributed by atoms with Crippen molar-refractivity contribution >= 4 is 28.7 Å². The number of likely N-dealkylation sites (N-methyl/N-ethyl adjacent to an activating group) is 1. The van der Waals surface area contributed by atoms with Gasteiger partial charge in [0.2, 0.25) is 11.9 Å². The molecule has 1 atom stereocenters. The molecule has 0 saturated carbocycles. The Kier molecular flexibility index (Phi) is 6.51. The Bertz CT molecular complexity index is 1390. The number of hydrogen-bond donors (Lipinski definition) is 1. The highest BCUT2D eigenvalue weighted by atomic mass is 16.2. The molecule has 0 radical (unpaired) electrons. The molecule has 1 unspecified atom stereocenters. The second-order valence-corrected chi connectivity index (χ2v) is 8.34. The van der Waals surface area contributed by atoms with Crippen LogP contribution in [0.5, 0.6) is 0 Å². The molecule has 3 aromatic heterocycles. The number of carbonyl (C=O) groups excluding carboxylic acids is 1. The van der Waals surface area contributed by atoms with Crippen LogP contribution in [0.1, 0.15) is 19.8 Å². The zero-order valence-corrected chi connectivity index (χ0v) is 19.6. The molecule has 0 bridgehead atoms. The minimum Gasteiger partial charge on any atom is -0.341 e. The molecular formula is C23H28N8O3. The second-order valence-electron chi connectivity index (χ2n) is 8.34. The first-order chi connectivity index (χ1) is 16.3. The number of rotatable bonds is 5. The third-order valence-corrected chi connectivity index (χ3v) is 6.08. The van der Waals surface area contributed by atoms with Crippen LogP contribution >= 0.6 is 0 Å². The summed E-state index contributed by atoms with van der Waals surface area (Å²) in [5, 5.41) is 0. The fourth-order valence-electron chi connectivity index (χ4n) is 4.19. The third kappa shape index (κ3) is 4.20. The van der Waals surface area contributed by atoms with E-state index < -0.39 is 23.7 Å². The van der Waals surface area contributed by atoms with Gasteiger partial charge >= 0.3 is 5.69 Å². The van der Waals surface area contributed by atoms with Crippen molar-refractivity contribution in [2.45, 2.75) is 38.9 Å². The molecule has 0 aromatic carbocycles. The van der Waals surface area contributed by atoms with Crippen molar-refractivity contribution in [1.82, 2.24) is 23.7 Å². The van der Waals surface area contributed by atoms with E-state index in [0.29, 0.717) is 18.2 Å². The molecule has 4 heterocycles. The molecule has 178 valence electrons. The van der Waals surface area contributed by atoms with Crippen molar-refractivity contribution in [1.29, 1.82) is 0 Å². The number of pyridine rings is 1. The van der Waals surface area contributed by atoms with Gasteiger partial charge in [-0.3, -0.25) is 23.7 Å². The maximum atomic E-state index is 13.6. The predicted molar refractivity (Wildman–Crippen MR) is 130 cm³/mol. The Hall–Kier alpha value is -3.91. The lowest BCUT2D eigenvalue weighted by atomic mass is 10.1. The van der Waals surface area contributed by atoms with E-state index in [0.717, 1.165) is 24.0 Å². The molecule has 1 aliphatic heterocycles. The number of hydrogen-bond acceptors (Lipinski definition) is 7. The highest BCUT2D eigenvalue weighted by Crippen LogP contribution is 2.22. The first kappa shape index (κ1) is 23.3. The van der Waals surface area contributed by atoms with Gasteiger partial charge in [0.05, 0.1) is 6.54 Å². The van der Waals surface area contributed by atoms with Gasteiger partial charge in [-0.15, -0.1) is 5.92 Å². The Morgan fingerprint density at radius 2 is 2.00 bits per heavy atom. The number of piperidine rings is 1. The standard InChI is InChI=1S/C23H28N8O3/c1-4-5-13-30-19-20(26-22(30)29-12-6-7-16(24)14-29)28(3)23(34)31(21(19)33)15-18(32)27(2)17-8-10-25-11-9-17/h8-11,16H,6-7,12-15,24H2,1-3H3. The van der Waals surface area contributed by atoms with Gasteiger partial charge in [0.1, 0.15) is 6.54 Å². The lowest BCUT2D eigenvalue weighted by molar-refractivity contribution is -0.119. The first-order valence-electron chi connectivity index (χ1n) is 11.1. The van der Waals surface area contributed by atoms with E-state index in [-0.39, 0.29) is 23.8 Å². The molecule has 0 aliphatic carbocycles. The number of imidazole rings is 1. The van der Waals surface area contributed by atoms with E-state index >= 15 is 0 Å². The smallest absolute Gasteiger partial charge is 0.332 e. The van der Waals surface area contributed by atoms with Crippen LogP contribution in [0.2, 0.25) is 0 Å². The minimum absolute atomic E-state index is 0.00101. The number of nitrogens with zero attached hydrogens (tertiary/aromatic N) is 7. The van der Waals surface area contributed by atoms with Crippen LogP contribution in [-0.2, 0) is 24.9 Å². The molecule has 11 heteroatoms. The number of aromatic nitrogens is 5. The number of anilines is 2. The van der Waals surface area contributed by atoms with Crippen LogP contribution < -0.4 is 26.8 Å². The highest BCUT2D eigenvalue weighted by Gasteiger charge is 2.27. The zero-order chi connectivity index (χ0) is 24.4. The molecule has 1 fully saturated rings. The van der Waals surface area contributed by atoms with Crippen molar-refractivity contribution in [3.8, 4) is 11.8 Å². The van der Waals surface area contributed by atoms with E-state index in [4.69, 9.17) is 5.73 Å². The van der Waals surface area contributed by atoms with Crippen molar-refractivity contribution in [2.24, 2.45) is 12.8 Å². The van der Waals surface area contributed by atoms with E-state index in [2.05, 4.69) is 21.8 Å². The van der Waals surface area contributed by atoms with Gasteiger partial charge < -0.3 is 15.5 Å². The van der Waals surface area contributed by atoms with Crippen molar-refractivity contribution in [2.75, 3.05) is 29.9 Å². The molecule has 4 rings (SSSR count). The lowest BCUT2D eigenvalue weighted by Crippen LogP contribution is -2.44. The van der Waals surface area contributed by atoms with Gasteiger partial charge in [-0.25, -0.2) is 9.36 Å². The summed E-state index contributed by atoms with van der Waals surface area (Å²) in [4.78, 5) is 51.6. The summed E-state index contributed by atoms with van der Waals surface area (Å²) in [6.07, 6.45) is 4.96. The molecule has 0 spiro atoms. The summed E-state index contributed by atoms with van der Waals surface area (Å²) in [5.41, 5.74) is 6.09. The van der Waals surface area contributed by atoms with E-state index in [1.165, 1.54) is 9.47 Å². The molecule has 11 nitrogen and oxygen atoms in total. The number of nitrogens with two attached hydrogens (primary N) is 1. The monoisotopic (exact) mass is 464 g/mol. The van der Waals surface area contributed by atoms with Crippen LogP contribution in [0.4, 0.5) is 11.6 Å². The maximum absolute atomic E-state index is 13.6. The fraction of sp³-hybridized carbons (Fsp3) is 0.435. The number of fused-ring (bicyclic) bond motifs is 1. The molecule has 3 aromatic rings. The average Bonchev–Trinajstić information content (AvgIpc) is 3.23. The Balaban J connectivity index is 1.83. The van der Waals surface area contributed by atoms with Crippen LogP contribution in [0.3, 0.4) is 0 Å². The normalized spacial score (nSPS) is 15.8. The van der Waals surface area contributed by atoms with Gasteiger partial charge in [0.25, 0.3) is 5.56 Å². The molecule has 1 amide bonds. The van der Waals surface area contributed by atoms with Gasteiger partial charge in [-0.1, -0.05) is 5.92 Å². The molecule has 2 N–H and O–H groups in total. The molecule has 1 saturated heterocycles. The summed E-state index contributed by atoms with van der Waals surface area (Å²) in [5.74, 6) is 5.99. The third-order valence-electron chi connectivity index (χ3n) is 6.08. The Morgan fingerprint density at radius 3 is 2.68 bits per heavy atom. The molecule has 1 aliphatic rings. The van der Waals surface area contributed by atoms with Crippen LogP contribution in [0.15, 0.2) is 34.1 Å². The van der Waals surface area contributed by atoms with Gasteiger partial charge in [0, 0.05) is 51.3 Å². The summed E-state index contributed by atoms with van der Waals surface area (Å²) in [6, 6.07) is 3.35. The SMILES string of the molecule is CC#CCn1c(N2CCCC(N)C2)nc2c1c(=O)n(CC(=O)N(C)c1ccncc1)c(=O)n2C. The highest BCUT2D eigenvalue weighted by molar-refractivity contribution is 5.92.